The summed E-state index contributed by atoms with van der Waals surface area (Å²) in [6.45, 7) is 12.2. The Hall–Kier alpha value is -1.72. The van der Waals surface area contributed by atoms with E-state index in [1.807, 2.05) is 0 Å². The van der Waals surface area contributed by atoms with Gasteiger partial charge in [-0.05, 0) is 27.2 Å². The standard InChI is InChI=1S/C20H37NO9S/c1-13(2)17(30-18(25)19(4,5)6)29-16(24)15(23)20(7,8)12-28-31(26,27)11-9-10-21-14(3)22/h13,15,17,23H,9-12H2,1-8H3,(H,21,22)/t15-,17?/m0/s1. The summed E-state index contributed by atoms with van der Waals surface area (Å²) in [6.07, 6.45) is -2.78. The minimum absolute atomic E-state index is 0.155. The number of ether oxygens (including phenoxy) is 2. The molecule has 1 amide bonds. The van der Waals surface area contributed by atoms with Crippen LogP contribution in [-0.4, -0.2) is 62.7 Å². The molecule has 0 aromatic heterocycles. The van der Waals surface area contributed by atoms with E-state index in [1.54, 1.807) is 34.6 Å². The summed E-state index contributed by atoms with van der Waals surface area (Å²) in [6, 6.07) is 0. The molecule has 0 bridgehead atoms. The molecule has 0 aliphatic carbocycles. The summed E-state index contributed by atoms with van der Waals surface area (Å²) >= 11 is 0. The zero-order chi connectivity index (χ0) is 24.6. The van der Waals surface area contributed by atoms with Gasteiger partial charge in [-0.15, -0.1) is 0 Å². The first kappa shape index (κ1) is 29.3. The fraction of sp³-hybridized carbons (Fsp3) is 0.850. The lowest BCUT2D eigenvalue weighted by molar-refractivity contribution is -0.210. The number of aliphatic hydroxyl groups is 1. The second-order valence-electron chi connectivity index (χ2n) is 9.46. The van der Waals surface area contributed by atoms with Gasteiger partial charge in [-0.1, -0.05) is 27.7 Å². The Labute approximate surface area is 185 Å². The van der Waals surface area contributed by atoms with E-state index in [1.165, 1.54) is 20.8 Å². The van der Waals surface area contributed by atoms with Crippen molar-refractivity contribution >= 4 is 28.0 Å². The van der Waals surface area contributed by atoms with E-state index in [-0.39, 0.29) is 30.5 Å². The molecular weight excluding hydrogens is 430 g/mol. The number of rotatable bonds is 12. The van der Waals surface area contributed by atoms with Crippen LogP contribution in [0.25, 0.3) is 0 Å². The van der Waals surface area contributed by atoms with Gasteiger partial charge in [0.1, 0.15) is 0 Å². The second-order valence-corrected chi connectivity index (χ2v) is 11.2. The van der Waals surface area contributed by atoms with E-state index < -0.39 is 51.9 Å². The van der Waals surface area contributed by atoms with Crippen LogP contribution >= 0.6 is 0 Å². The lowest BCUT2D eigenvalue weighted by Crippen LogP contribution is -2.44. The minimum Gasteiger partial charge on any atom is -0.424 e. The van der Waals surface area contributed by atoms with E-state index >= 15 is 0 Å². The quantitative estimate of drug-likeness (QED) is 0.188. The highest BCUT2D eigenvalue weighted by molar-refractivity contribution is 7.86. The number of carbonyl (C=O) groups is 3. The van der Waals surface area contributed by atoms with E-state index in [2.05, 4.69) is 5.32 Å². The summed E-state index contributed by atoms with van der Waals surface area (Å²) in [5, 5.41) is 12.9. The third-order valence-corrected chi connectivity index (χ3v) is 5.40. The van der Waals surface area contributed by atoms with Gasteiger partial charge in [-0.3, -0.25) is 13.8 Å². The van der Waals surface area contributed by atoms with Gasteiger partial charge >= 0.3 is 11.9 Å². The van der Waals surface area contributed by atoms with E-state index in [4.69, 9.17) is 13.7 Å². The Morgan fingerprint density at radius 3 is 2.03 bits per heavy atom. The number of nitrogens with one attached hydrogen (secondary N) is 1. The Morgan fingerprint density at radius 2 is 1.58 bits per heavy atom. The van der Waals surface area contributed by atoms with E-state index in [9.17, 15) is 27.9 Å². The van der Waals surface area contributed by atoms with Crippen LogP contribution in [0.2, 0.25) is 0 Å². The zero-order valence-corrected chi connectivity index (χ0v) is 20.5. The molecule has 0 rings (SSSR count). The smallest absolute Gasteiger partial charge is 0.338 e. The number of esters is 2. The normalized spacial score (nSPS) is 14.6. The molecule has 0 saturated heterocycles. The predicted octanol–water partition coefficient (Wildman–Crippen LogP) is 1.36. The van der Waals surface area contributed by atoms with E-state index in [0.29, 0.717) is 0 Å². The molecule has 0 spiro atoms. The van der Waals surface area contributed by atoms with Crippen molar-refractivity contribution in [2.24, 2.45) is 16.7 Å². The van der Waals surface area contributed by atoms with Gasteiger partial charge in [0.05, 0.1) is 17.8 Å². The highest BCUT2D eigenvalue weighted by Crippen LogP contribution is 2.25. The van der Waals surface area contributed by atoms with E-state index in [0.717, 1.165) is 0 Å². The maximum Gasteiger partial charge on any atom is 0.338 e. The first-order valence-corrected chi connectivity index (χ1v) is 11.7. The van der Waals surface area contributed by atoms with Crippen molar-refractivity contribution in [2.45, 2.75) is 74.2 Å². The largest absolute Gasteiger partial charge is 0.424 e. The number of carbonyl (C=O) groups excluding carboxylic acids is 3. The lowest BCUT2D eigenvalue weighted by Gasteiger charge is -2.31. The predicted molar refractivity (Wildman–Crippen MR) is 113 cm³/mol. The third-order valence-electron chi connectivity index (χ3n) is 4.13. The lowest BCUT2D eigenvalue weighted by atomic mass is 9.87. The van der Waals surface area contributed by atoms with Crippen molar-refractivity contribution in [2.75, 3.05) is 18.9 Å². The van der Waals surface area contributed by atoms with Gasteiger partial charge in [0.15, 0.2) is 6.10 Å². The Bertz CT molecular complexity index is 723. The fourth-order valence-corrected chi connectivity index (χ4v) is 3.07. The van der Waals surface area contributed by atoms with Gasteiger partial charge < -0.3 is 19.9 Å². The monoisotopic (exact) mass is 467 g/mol. The van der Waals surface area contributed by atoms with Crippen molar-refractivity contribution < 1.29 is 41.6 Å². The van der Waals surface area contributed by atoms with Crippen LogP contribution in [0.4, 0.5) is 0 Å². The van der Waals surface area contributed by atoms with Crippen LogP contribution in [0.1, 0.15) is 61.8 Å². The van der Waals surface area contributed by atoms with Crippen molar-refractivity contribution in [3.05, 3.63) is 0 Å². The van der Waals surface area contributed by atoms with Gasteiger partial charge in [0, 0.05) is 24.8 Å². The third kappa shape index (κ3) is 11.5. The summed E-state index contributed by atoms with van der Waals surface area (Å²) in [5.74, 6) is -2.60. The zero-order valence-electron chi connectivity index (χ0n) is 19.7. The highest BCUT2D eigenvalue weighted by atomic mass is 32.2. The van der Waals surface area contributed by atoms with Crippen molar-refractivity contribution in [1.82, 2.24) is 5.32 Å². The molecule has 2 N–H and O–H groups in total. The highest BCUT2D eigenvalue weighted by Gasteiger charge is 2.39. The molecule has 0 aliphatic rings. The molecule has 10 nitrogen and oxygen atoms in total. The summed E-state index contributed by atoms with van der Waals surface area (Å²) in [5.41, 5.74) is -2.11. The number of amides is 1. The van der Waals surface area contributed by atoms with Gasteiger partial charge in [0.25, 0.3) is 10.1 Å². The number of aliphatic hydroxyl groups excluding tert-OH is 1. The molecule has 182 valence electrons. The maximum atomic E-state index is 12.4. The first-order chi connectivity index (χ1) is 13.9. The van der Waals surface area contributed by atoms with Gasteiger partial charge in [-0.2, -0.15) is 8.42 Å². The Morgan fingerprint density at radius 1 is 1.03 bits per heavy atom. The van der Waals surface area contributed by atoms with Crippen LogP contribution in [0.3, 0.4) is 0 Å². The molecule has 1 unspecified atom stereocenters. The molecular formula is C20H37NO9S. The molecule has 31 heavy (non-hydrogen) atoms. The van der Waals surface area contributed by atoms with Crippen LogP contribution < -0.4 is 5.32 Å². The van der Waals surface area contributed by atoms with Crippen LogP contribution in [0.15, 0.2) is 0 Å². The average molecular weight is 468 g/mol. The maximum absolute atomic E-state index is 12.4. The van der Waals surface area contributed by atoms with Crippen LogP contribution in [0, 0.1) is 16.7 Å². The summed E-state index contributed by atoms with van der Waals surface area (Å²) < 4.78 is 39.4. The topological polar surface area (TPSA) is 145 Å². The van der Waals surface area contributed by atoms with Crippen molar-refractivity contribution in [1.29, 1.82) is 0 Å². The second kappa shape index (κ2) is 11.8. The minimum atomic E-state index is -3.92. The molecule has 0 aromatic carbocycles. The van der Waals surface area contributed by atoms with Crippen molar-refractivity contribution in [3.8, 4) is 0 Å². The first-order valence-electron chi connectivity index (χ1n) is 10.1. The molecule has 0 aliphatic heterocycles. The fourth-order valence-electron chi connectivity index (χ4n) is 1.97. The van der Waals surface area contributed by atoms with Gasteiger partial charge in [-0.25, -0.2) is 4.79 Å². The molecule has 2 atom stereocenters. The molecule has 0 heterocycles. The Balaban J connectivity index is 4.92. The summed E-state index contributed by atoms with van der Waals surface area (Å²) in [7, 11) is -3.92. The summed E-state index contributed by atoms with van der Waals surface area (Å²) in [4.78, 5) is 35.3. The average Bonchev–Trinajstić information content (AvgIpc) is 2.61. The van der Waals surface area contributed by atoms with Crippen LogP contribution in [-0.2, 0) is 38.2 Å². The molecule has 0 fully saturated rings. The Kier molecular flexibility index (Phi) is 11.1. The van der Waals surface area contributed by atoms with Crippen molar-refractivity contribution in [3.63, 3.8) is 0 Å². The number of hydrogen-bond donors (Lipinski definition) is 2. The molecule has 0 saturated carbocycles. The molecule has 0 aromatic rings. The molecule has 0 radical (unpaired) electrons. The molecule has 11 heteroatoms. The van der Waals surface area contributed by atoms with Gasteiger partial charge in [0.2, 0.25) is 12.2 Å². The number of hydrogen-bond acceptors (Lipinski definition) is 9. The SMILES string of the molecule is CC(=O)NCCCS(=O)(=O)OCC(C)(C)[C@@H](O)C(=O)OC(OC(=O)C(C)(C)C)C(C)C. The van der Waals surface area contributed by atoms with Crippen LogP contribution in [0.5, 0.6) is 0 Å².